The number of furan rings is 1. The van der Waals surface area contributed by atoms with Crippen LogP contribution in [0.1, 0.15) is 42.8 Å². The van der Waals surface area contributed by atoms with Crippen molar-refractivity contribution in [2.24, 2.45) is 11.8 Å². The van der Waals surface area contributed by atoms with Gasteiger partial charge in [0.05, 0.1) is 6.54 Å². The van der Waals surface area contributed by atoms with Gasteiger partial charge in [0.2, 0.25) is 5.91 Å². The van der Waals surface area contributed by atoms with Gasteiger partial charge in [-0.2, -0.15) is 0 Å². The third-order valence-electron chi connectivity index (χ3n) is 6.19. The number of aromatic nitrogens is 1. The second-order valence-electron chi connectivity index (χ2n) is 8.61. The van der Waals surface area contributed by atoms with E-state index in [9.17, 15) is 4.79 Å². The van der Waals surface area contributed by atoms with Crippen molar-refractivity contribution in [3.05, 3.63) is 53.7 Å². The predicted molar refractivity (Wildman–Crippen MR) is 112 cm³/mol. The highest BCUT2D eigenvalue weighted by Gasteiger charge is 2.36. The number of fused-ring (bicyclic) bond motifs is 2. The van der Waals surface area contributed by atoms with Crippen LogP contribution in [0, 0.1) is 18.8 Å². The molecule has 2 aromatic heterocycles. The molecule has 2 aromatic rings. The third kappa shape index (κ3) is 5.67. The number of hydrogen-bond acceptors (Lipinski definition) is 5. The predicted octanol–water partition coefficient (Wildman–Crippen LogP) is 2.88. The number of carbonyl (C=O) groups excluding carboxylic acids is 1. The van der Waals surface area contributed by atoms with Gasteiger partial charge in [-0.25, -0.2) is 0 Å². The molecule has 0 aromatic carbocycles. The molecule has 0 saturated carbocycles. The summed E-state index contributed by atoms with van der Waals surface area (Å²) < 4.78 is 5.50. The Balaban J connectivity index is 1.19. The molecule has 2 saturated heterocycles. The van der Waals surface area contributed by atoms with E-state index in [4.69, 9.17) is 4.42 Å². The Morgan fingerprint density at radius 1 is 1.34 bits per heavy atom. The van der Waals surface area contributed by atoms with E-state index >= 15 is 0 Å². The first-order valence-electron chi connectivity index (χ1n) is 10.8. The Kier molecular flexibility index (Phi) is 6.62. The highest BCUT2D eigenvalue weighted by Crippen LogP contribution is 2.31. The van der Waals surface area contributed by atoms with Crippen molar-refractivity contribution in [1.29, 1.82) is 0 Å². The van der Waals surface area contributed by atoms with Crippen LogP contribution in [0.2, 0.25) is 0 Å². The van der Waals surface area contributed by atoms with Gasteiger partial charge in [-0.15, -0.1) is 0 Å². The number of pyridine rings is 1. The number of hydrogen-bond donors (Lipinski definition) is 2. The number of nitrogens with zero attached hydrogens (tertiary/aromatic N) is 2. The summed E-state index contributed by atoms with van der Waals surface area (Å²) in [7, 11) is 0. The van der Waals surface area contributed by atoms with Gasteiger partial charge in [-0.05, 0) is 68.3 Å². The number of aryl methyl sites for hydroxylation is 1. The van der Waals surface area contributed by atoms with E-state index in [0.717, 1.165) is 49.9 Å². The molecule has 0 aliphatic carbocycles. The summed E-state index contributed by atoms with van der Waals surface area (Å²) in [6, 6.07) is 8.53. The fraction of sp³-hybridized carbons (Fsp3) is 0.565. The number of likely N-dealkylation sites (tertiary alicyclic amines) is 1. The molecular weight excluding hydrogens is 364 g/mol. The van der Waals surface area contributed by atoms with Crippen LogP contribution in [-0.4, -0.2) is 41.5 Å². The quantitative estimate of drug-likeness (QED) is 0.718. The molecule has 0 spiro atoms. The van der Waals surface area contributed by atoms with Crippen LogP contribution in [0.4, 0.5) is 0 Å². The Morgan fingerprint density at radius 2 is 2.28 bits per heavy atom. The fourth-order valence-corrected chi connectivity index (χ4v) is 4.83. The van der Waals surface area contributed by atoms with Crippen LogP contribution in [0.5, 0.6) is 0 Å². The Morgan fingerprint density at radius 3 is 3.07 bits per heavy atom. The number of piperidine rings is 2. The zero-order valence-corrected chi connectivity index (χ0v) is 17.3. The smallest absolute Gasteiger partial charge is 0.220 e. The third-order valence-corrected chi connectivity index (χ3v) is 6.19. The average molecular weight is 397 g/mol. The lowest BCUT2D eigenvalue weighted by molar-refractivity contribution is -0.121. The summed E-state index contributed by atoms with van der Waals surface area (Å²) in [6.07, 6.45) is 7.68. The van der Waals surface area contributed by atoms with Crippen LogP contribution in [-0.2, 0) is 17.9 Å². The van der Waals surface area contributed by atoms with Crippen LogP contribution in [0.15, 0.2) is 41.1 Å². The van der Waals surface area contributed by atoms with E-state index in [1.807, 2.05) is 37.5 Å². The second kappa shape index (κ2) is 9.55. The highest BCUT2D eigenvalue weighted by molar-refractivity contribution is 5.75. The van der Waals surface area contributed by atoms with E-state index in [0.29, 0.717) is 24.9 Å². The standard InChI is InChI=1S/C23H32N4O2/c1-17-7-8-21(29-17)13-26-23(28)6-2-5-22-20-10-19(12-25-22)15-27(16-20)14-18-4-3-9-24-11-18/h3-4,7-9,11,19-20,22,25H,2,5-6,10,12-16H2,1H3,(H,26,28)/t19?,20?,22-/m1/s1. The number of nitrogens with one attached hydrogen (secondary N) is 2. The monoisotopic (exact) mass is 396 g/mol. The molecule has 3 atom stereocenters. The Bertz CT molecular complexity index is 791. The first-order chi connectivity index (χ1) is 14.2. The van der Waals surface area contributed by atoms with E-state index in [2.05, 4.69) is 26.6 Å². The molecule has 2 fully saturated rings. The van der Waals surface area contributed by atoms with Gasteiger partial charge >= 0.3 is 0 Å². The summed E-state index contributed by atoms with van der Waals surface area (Å²) in [5.74, 6) is 3.21. The number of rotatable bonds is 8. The van der Waals surface area contributed by atoms with Gasteiger partial charge in [-0.1, -0.05) is 6.07 Å². The molecule has 1 amide bonds. The lowest BCUT2D eigenvalue weighted by Gasteiger charge is -2.46. The maximum atomic E-state index is 12.1. The molecule has 4 heterocycles. The molecule has 2 unspecified atom stereocenters. The summed E-state index contributed by atoms with van der Waals surface area (Å²) >= 11 is 0. The van der Waals surface area contributed by atoms with Crippen LogP contribution in [0.3, 0.4) is 0 Å². The minimum atomic E-state index is 0.106. The van der Waals surface area contributed by atoms with Crippen molar-refractivity contribution in [2.45, 2.75) is 51.7 Å². The summed E-state index contributed by atoms with van der Waals surface area (Å²) in [5, 5.41) is 6.71. The molecule has 2 bridgehead atoms. The lowest BCUT2D eigenvalue weighted by Crippen LogP contribution is -2.55. The van der Waals surface area contributed by atoms with Crippen molar-refractivity contribution >= 4 is 5.91 Å². The zero-order valence-electron chi connectivity index (χ0n) is 17.3. The van der Waals surface area contributed by atoms with Gasteiger partial charge in [-0.3, -0.25) is 14.7 Å². The molecule has 29 heavy (non-hydrogen) atoms. The molecule has 6 nitrogen and oxygen atoms in total. The van der Waals surface area contributed by atoms with E-state index in [1.165, 1.54) is 18.5 Å². The van der Waals surface area contributed by atoms with Crippen molar-refractivity contribution in [3.8, 4) is 0 Å². The van der Waals surface area contributed by atoms with Gasteiger partial charge in [0.15, 0.2) is 0 Å². The van der Waals surface area contributed by atoms with Crippen molar-refractivity contribution < 1.29 is 9.21 Å². The molecule has 2 aliphatic heterocycles. The molecule has 156 valence electrons. The van der Waals surface area contributed by atoms with Crippen LogP contribution >= 0.6 is 0 Å². The van der Waals surface area contributed by atoms with Crippen molar-refractivity contribution in [2.75, 3.05) is 19.6 Å². The molecule has 6 heteroatoms. The maximum absolute atomic E-state index is 12.1. The van der Waals surface area contributed by atoms with E-state index in [-0.39, 0.29) is 5.91 Å². The van der Waals surface area contributed by atoms with Crippen molar-refractivity contribution in [3.63, 3.8) is 0 Å². The van der Waals surface area contributed by atoms with Crippen LogP contribution in [0.25, 0.3) is 0 Å². The first kappa shape index (κ1) is 20.1. The van der Waals surface area contributed by atoms with Crippen LogP contribution < -0.4 is 10.6 Å². The maximum Gasteiger partial charge on any atom is 0.220 e. The number of carbonyl (C=O) groups is 1. The first-order valence-corrected chi connectivity index (χ1v) is 10.8. The lowest BCUT2D eigenvalue weighted by atomic mass is 9.79. The topological polar surface area (TPSA) is 70.4 Å². The summed E-state index contributed by atoms with van der Waals surface area (Å²) in [5.41, 5.74) is 1.29. The molecule has 2 aliphatic rings. The summed E-state index contributed by atoms with van der Waals surface area (Å²) in [6.45, 7) is 6.77. The average Bonchev–Trinajstić information content (AvgIpc) is 3.14. The van der Waals surface area contributed by atoms with Crippen molar-refractivity contribution in [1.82, 2.24) is 20.5 Å². The Hall–Kier alpha value is -2.18. The highest BCUT2D eigenvalue weighted by atomic mass is 16.3. The minimum absolute atomic E-state index is 0.106. The largest absolute Gasteiger partial charge is 0.465 e. The van der Waals surface area contributed by atoms with E-state index in [1.54, 1.807) is 0 Å². The summed E-state index contributed by atoms with van der Waals surface area (Å²) in [4.78, 5) is 19.0. The zero-order chi connectivity index (χ0) is 20.1. The molecule has 2 N–H and O–H groups in total. The Labute approximate surface area is 173 Å². The normalized spacial score (nSPS) is 24.4. The van der Waals surface area contributed by atoms with Gasteiger partial charge < -0.3 is 15.1 Å². The number of amides is 1. The van der Waals surface area contributed by atoms with Gasteiger partial charge in [0.1, 0.15) is 11.5 Å². The minimum Gasteiger partial charge on any atom is -0.465 e. The molecule has 4 rings (SSSR count). The molecular formula is C23H32N4O2. The SMILES string of the molecule is Cc1ccc(CNC(=O)CCC[C@H]2NCC3CC2CN(Cc2cccnc2)C3)o1. The second-order valence-corrected chi connectivity index (χ2v) is 8.61. The molecule has 0 radical (unpaired) electrons. The fourth-order valence-electron chi connectivity index (χ4n) is 4.83. The van der Waals surface area contributed by atoms with Gasteiger partial charge in [0, 0.05) is 44.5 Å². The van der Waals surface area contributed by atoms with Gasteiger partial charge in [0.25, 0.3) is 0 Å². The van der Waals surface area contributed by atoms with E-state index < -0.39 is 0 Å².